The van der Waals surface area contributed by atoms with Gasteiger partial charge < -0.3 is 4.74 Å². The molecule has 118 valence electrons. The third-order valence-electron chi connectivity index (χ3n) is 3.66. The van der Waals surface area contributed by atoms with Crippen LogP contribution in [0.2, 0.25) is 0 Å². The third kappa shape index (κ3) is 3.21. The van der Waals surface area contributed by atoms with Crippen LogP contribution in [0.15, 0.2) is 29.4 Å². The maximum atomic E-state index is 5.15. The highest BCUT2D eigenvalue weighted by molar-refractivity contribution is 7.98. The van der Waals surface area contributed by atoms with Crippen molar-refractivity contribution in [3.63, 3.8) is 0 Å². The minimum atomic E-state index is 0.565. The van der Waals surface area contributed by atoms with Crippen molar-refractivity contribution in [3.05, 3.63) is 35.9 Å². The fourth-order valence-corrected chi connectivity index (χ4v) is 2.88. The summed E-state index contributed by atoms with van der Waals surface area (Å²) in [5, 5.41) is 15.1. The molecule has 1 aliphatic rings. The molecule has 0 spiro atoms. The number of thioether (sulfide) groups is 1. The normalized spacial score (nSPS) is 14.1. The summed E-state index contributed by atoms with van der Waals surface area (Å²) >= 11 is 1.53. The number of ether oxygens (including phenoxy) is 1. The van der Waals surface area contributed by atoms with Crippen LogP contribution in [-0.2, 0) is 5.75 Å². The average Bonchev–Trinajstić information content (AvgIpc) is 3.15. The largest absolute Gasteiger partial charge is 0.497 e. The Kier molecular flexibility index (Phi) is 3.74. The van der Waals surface area contributed by atoms with Gasteiger partial charge in [0.1, 0.15) is 11.6 Å². The lowest BCUT2D eigenvalue weighted by Gasteiger charge is -1.99. The van der Waals surface area contributed by atoms with Gasteiger partial charge in [0.25, 0.3) is 0 Å². The summed E-state index contributed by atoms with van der Waals surface area (Å²) in [4.78, 5) is 9.00. The molecular formula is C15H16N6OS. The Bertz CT molecular complexity index is 792. The fraction of sp³-hybridized carbons (Fsp3) is 0.333. The highest BCUT2D eigenvalue weighted by Gasteiger charge is 2.27. The van der Waals surface area contributed by atoms with Crippen LogP contribution in [0, 0.1) is 0 Å². The van der Waals surface area contributed by atoms with E-state index in [1.165, 1.54) is 24.6 Å². The molecule has 0 unspecified atom stereocenters. The molecular weight excluding hydrogens is 312 g/mol. The van der Waals surface area contributed by atoms with Gasteiger partial charge in [0.2, 0.25) is 5.16 Å². The smallest absolute Gasteiger partial charge is 0.209 e. The minimum absolute atomic E-state index is 0.565. The first-order chi connectivity index (χ1) is 11.3. The van der Waals surface area contributed by atoms with E-state index in [2.05, 4.69) is 30.4 Å². The zero-order valence-corrected chi connectivity index (χ0v) is 13.4. The molecule has 0 saturated heterocycles. The van der Waals surface area contributed by atoms with E-state index in [9.17, 15) is 0 Å². The first-order valence-corrected chi connectivity index (χ1v) is 8.41. The molecule has 3 aromatic rings. The number of aromatic nitrogens is 6. The van der Waals surface area contributed by atoms with Crippen molar-refractivity contribution in [3.8, 4) is 17.1 Å². The molecule has 1 aromatic carbocycles. The number of rotatable bonds is 6. The molecule has 1 saturated carbocycles. The summed E-state index contributed by atoms with van der Waals surface area (Å²) in [5.74, 6) is 4.61. The van der Waals surface area contributed by atoms with Crippen LogP contribution in [0.1, 0.15) is 30.4 Å². The standard InChI is InChI=1S/C15H16N6OS/c1-22-11-6-4-10(5-7-11)14-17-15(21-20-14)23-8-12-16-13(19-18-12)9-2-3-9/h4-7,9H,2-3,8H2,1H3,(H,16,18,19)(H,17,20,21). The topological polar surface area (TPSA) is 92.4 Å². The zero-order chi connectivity index (χ0) is 15.6. The van der Waals surface area contributed by atoms with Gasteiger partial charge >= 0.3 is 0 Å². The Morgan fingerprint density at radius 1 is 1.13 bits per heavy atom. The summed E-state index contributed by atoms with van der Waals surface area (Å²) in [7, 11) is 1.65. The second kappa shape index (κ2) is 6.04. The number of methoxy groups -OCH3 is 1. The second-order valence-electron chi connectivity index (χ2n) is 5.40. The molecule has 0 amide bonds. The van der Waals surface area contributed by atoms with E-state index < -0.39 is 0 Å². The maximum Gasteiger partial charge on any atom is 0.209 e. The van der Waals surface area contributed by atoms with Crippen LogP contribution >= 0.6 is 11.8 Å². The molecule has 8 heteroatoms. The minimum Gasteiger partial charge on any atom is -0.497 e. The van der Waals surface area contributed by atoms with Gasteiger partial charge in [-0.25, -0.2) is 9.97 Å². The first kappa shape index (κ1) is 14.3. The Hall–Kier alpha value is -2.35. The number of benzene rings is 1. The predicted octanol–water partition coefficient (Wildman–Crippen LogP) is 2.77. The van der Waals surface area contributed by atoms with Crippen LogP contribution in [0.4, 0.5) is 0 Å². The van der Waals surface area contributed by atoms with Crippen molar-refractivity contribution >= 4 is 11.8 Å². The van der Waals surface area contributed by atoms with Crippen LogP contribution in [0.25, 0.3) is 11.4 Å². The highest BCUT2D eigenvalue weighted by atomic mass is 32.2. The summed E-state index contributed by atoms with van der Waals surface area (Å²) in [6.45, 7) is 0. The number of nitrogens with one attached hydrogen (secondary N) is 2. The van der Waals surface area contributed by atoms with Crippen molar-refractivity contribution in [1.29, 1.82) is 0 Å². The lowest BCUT2D eigenvalue weighted by Crippen LogP contribution is -1.86. The number of hydrogen-bond acceptors (Lipinski definition) is 6. The molecule has 1 fully saturated rings. The Labute approximate surface area is 137 Å². The number of hydrogen-bond donors (Lipinski definition) is 2. The van der Waals surface area contributed by atoms with Crippen molar-refractivity contribution in [2.75, 3.05) is 7.11 Å². The molecule has 2 aromatic heterocycles. The van der Waals surface area contributed by atoms with Gasteiger partial charge in [-0.15, -0.1) is 5.10 Å². The highest BCUT2D eigenvalue weighted by Crippen LogP contribution is 2.38. The van der Waals surface area contributed by atoms with Crippen molar-refractivity contribution in [1.82, 2.24) is 30.4 Å². The molecule has 23 heavy (non-hydrogen) atoms. The van der Waals surface area contributed by atoms with E-state index in [1.807, 2.05) is 24.3 Å². The molecule has 0 radical (unpaired) electrons. The van der Waals surface area contributed by atoms with Gasteiger partial charge in [-0.1, -0.05) is 11.8 Å². The maximum absolute atomic E-state index is 5.15. The van der Waals surface area contributed by atoms with Gasteiger partial charge in [-0.2, -0.15) is 5.10 Å². The summed E-state index contributed by atoms with van der Waals surface area (Å²) in [6.07, 6.45) is 2.41. The summed E-state index contributed by atoms with van der Waals surface area (Å²) < 4.78 is 5.15. The van der Waals surface area contributed by atoms with E-state index in [-0.39, 0.29) is 0 Å². The number of aromatic amines is 2. The molecule has 0 aliphatic heterocycles. The van der Waals surface area contributed by atoms with E-state index in [0.717, 1.165) is 28.8 Å². The summed E-state index contributed by atoms with van der Waals surface area (Å²) in [5.41, 5.74) is 0.973. The zero-order valence-electron chi connectivity index (χ0n) is 12.6. The van der Waals surface area contributed by atoms with Gasteiger partial charge in [-0.05, 0) is 37.1 Å². The molecule has 2 N–H and O–H groups in total. The Morgan fingerprint density at radius 2 is 1.96 bits per heavy atom. The van der Waals surface area contributed by atoms with Gasteiger partial charge in [0, 0.05) is 11.5 Å². The Balaban J connectivity index is 1.40. The van der Waals surface area contributed by atoms with E-state index in [4.69, 9.17) is 4.74 Å². The van der Waals surface area contributed by atoms with Crippen LogP contribution in [-0.4, -0.2) is 37.5 Å². The predicted molar refractivity (Wildman–Crippen MR) is 86.3 cm³/mol. The Morgan fingerprint density at radius 3 is 2.70 bits per heavy atom. The first-order valence-electron chi connectivity index (χ1n) is 7.42. The lowest BCUT2D eigenvalue weighted by molar-refractivity contribution is 0.415. The quantitative estimate of drug-likeness (QED) is 0.676. The second-order valence-corrected chi connectivity index (χ2v) is 6.34. The fourth-order valence-electron chi connectivity index (χ4n) is 2.22. The van der Waals surface area contributed by atoms with Gasteiger partial charge in [0.05, 0.1) is 12.9 Å². The van der Waals surface area contributed by atoms with Crippen molar-refractivity contribution < 1.29 is 4.74 Å². The van der Waals surface area contributed by atoms with Crippen LogP contribution in [0.3, 0.4) is 0 Å². The van der Waals surface area contributed by atoms with Gasteiger partial charge in [0.15, 0.2) is 11.6 Å². The average molecular weight is 328 g/mol. The number of H-pyrrole nitrogens is 2. The van der Waals surface area contributed by atoms with Crippen LogP contribution < -0.4 is 4.74 Å². The van der Waals surface area contributed by atoms with Crippen molar-refractivity contribution in [2.45, 2.75) is 29.7 Å². The summed E-state index contributed by atoms with van der Waals surface area (Å²) in [6, 6.07) is 7.70. The molecule has 2 heterocycles. The molecule has 0 atom stereocenters. The molecule has 1 aliphatic carbocycles. The molecule has 0 bridgehead atoms. The molecule has 7 nitrogen and oxygen atoms in total. The van der Waals surface area contributed by atoms with E-state index in [1.54, 1.807) is 7.11 Å². The third-order valence-corrected chi connectivity index (χ3v) is 4.52. The van der Waals surface area contributed by atoms with Crippen molar-refractivity contribution in [2.24, 2.45) is 0 Å². The SMILES string of the molecule is COc1ccc(-c2nc(SCc3nc(C4CC4)n[nH]3)n[nH]2)cc1. The monoisotopic (exact) mass is 328 g/mol. The van der Waals surface area contributed by atoms with E-state index in [0.29, 0.717) is 16.8 Å². The van der Waals surface area contributed by atoms with E-state index >= 15 is 0 Å². The lowest BCUT2D eigenvalue weighted by atomic mass is 10.2. The van der Waals surface area contributed by atoms with Crippen LogP contribution in [0.5, 0.6) is 5.75 Å². The molecule has 4 rings (SSSR count). The van der Waals surface area contributed by atoms with Gasteiger partial charge in [-0.3, -0.25) is 10.2 Å². The number of nitrogens with zero attached hydrogens (tertiary/aromatic N) is 4.